The van der Waals surface area contributed by atoms with Crippen LogP contribution in [0.15, 0.2) is 0 Å². The molecule has 0 spiro atoms. The van der Waals surface area contributed by atoms with Crippen LogP contribution in [0.2, 0.25) is 0 Å². The first-order valence-corrected chi connectivity index (χ1v) is 13.6. The van der Waals surface area contributed by atoms with Gasteiger partial charge in [-0.1, -0.05) is 6.92 Å². The highest BCUT2D eigenvalue weighted by Crippen LogP contribution is 2.39. The zero-order chi connectivity index (χ0) is 29.0. The SMILES string of the molecule is CC1CC(=O)N(CCOCCOCCN2C(=O)CC(OC[C@@]34CO[C@@H](O3)[C@@H](N(C)CCN)[C@@H](O)[C@H]4O)C2=O)C1=O. The molecule has 4 aliphatic rings. The van der Waals surface area contributed by atoms with Crippen LogP contribution >= 0.6 is 0 Å². The van der Waals surface area contributed by atoms with Crippen LogP contribution in [0.4, 0.5) is 0 Å². The summed E-state index contributed by atoms with van der Waals surface area (Å²) in [5.41, 5.74) is 4.24. The predicted molar refractivity (Wildman–Crippen MR) is 134 cm³/mol. The van der Waals surface area contributed by atoms with Crippen LogP contribution in [0, 0.1) is 5.92 Å². The number of amides is 4. The van der Waals surface area contributed by atoms with E-state index in [2.05, 4.69) is 0 Å². The molecule has 2 bridgehead atoms. The molecule has 0 aromatic carbocycles. The molecule has 4 saturated heterocycles. The fraction of sp³-hybridized carbons (Fsp3) is 0.840. The molecule has 4 N–H and O–H groups in total. The van der Waals surface area contributed by atoms with Crippen molar-refractivity contribution in [2.24, 2.45) is 11.7 Å². The van der Waals surface area contributed by atoms with Gasteiger partial charge in [0, 0.05) is 25.4 Å². The fourth-order valence-corrected chi connectivity index (χ4v) is 5.46. The van der Waals surface area contributed by atoms with Gasteiger partial charge >= 0.3 is 0 Å². The summed E-state index contributed by atoms with van der Waals surface area (Å²) in [7, 11) is 1.75. The summed E-state index contributed by atoms with van der Waals surface area (Å²) in [6.07, 6.45) is -4.30. The third-order valence-corrected chi connectivity index (χ3v) is 7.82. The first kappa shape index (κ1) is 30.9. The van der Waals surface area contributed by atoms with Crippen molar-refractivity contribution >= 4 is 23.6 Å². The van der Waals surface area contributed by atoms with Crippen LogP contribution in [0.5, 0.6) is 0 Å². The fourth-order valence-electron chi connectivity index (χ4n) is 5.46. The van der Waals surface area contributed by atoms with Gasteiger partial charge < -0.3 is 39.6 Å². The van der Waals surface area contributed by atoms with Crippen molar-refractivity contribution in [3.05, 3.63) is 0 Å². The minimum atomic E-state index is -1.36. The number of rotatable bonds is 15. The molecule has 15 nitrogen and oxygen atoms in total. The number of aliphatic hydroxyl groups is 2. The zero-order valence-corrected chi connectivity index (χ0v) is 22.9. The molecule has 0 aromatic heterocycles. The molecule has 4 heterocycles. The Balaban J connectivity index is 1.14. The zero-order valence-electron chi connectivity index (χ0n) is 22.9. The van der Waals surface area contributed by atoms with Gasteiger partial charge in [-0.15, -0.1) is 0 Å². The largest absolute Gasteiger partial charge is 0.388 e. The van der Waals surface area contributed by atoms with E-state index in [1.54, 1.807) is 18.9 Å². The molecule has 0 aliphatic carbocycles. The number of aliphatic hydroxyl groups excluding tert-OH is 2. The monoisotopic (exact) mass is 572 g/mol. The Kier molecular flexibility index (Phi) is 10.2. The van der Waals surface area contributed by atoms with E-state index >= 15 is 0 Å². The second-order valence-corrected chi connectivity index (χ2v) is 10.7. The average molecular weight is 573 g/mol. The molecular weight excluding hydrogens is 532 g/mol. The predicted octanol–water partition coefficient (Wildman–Crippen LogP) is -3.34. The van der Waals surface area contributed by atoms with E-state index in [-0.39, 0.29) is 83.3 Å². The highest BCUT2D eigenvalue weighted by Gasteiger charge is 2.60. The van der Waals surface area contributed by atoms with Gasteiger partial charge in [0.25, 0.3) is 5.91 Å². The summed E-state index contributed by atoms with van der Waals surface area (Å²) in [6, 6.07) is -0.618. The van der Waals surface area contributed by atoms with Crippen molar-refractivity contribution in [3.63, 3.8) is 0 Å². The van der Waals surface area contributed by atoms with Gasteiger partial charge in [0.05, 0.1) is 65.2 Å². The van der Waals surface area contributed by atoms with E-state index in [4.69, 9.17) is 29.4 Å². The van der Waals surface area contributed by atoms with Gasteiger partial charge in [-0.3, -0.25) is 33.9 Å². The number of carbonyl (C=O) groups excluding carboxylic acids is 4. The van der Waals surface area contributed by atoms with Crippen LogP contribution in [0.3, 0.4) is 0 Å². The molecule has 0 saturated carbocycles. The first-order valence-electron chi connectivity index (χ1n) is 13.6. The van der Waals surface area contributed by atoms with E-state index in [0.717, 1.165) is 4.90 Å². The smallest absolute Gasteiger partial charge is 0.258 e. The average Bonchev–Trinajstić information content (AvgIpc) is 3.51. The van der Waals surface area contributed by atoms with Gasteiger partial charge in [0.2, 0.25) is 17.7 Å². The summed E-state index contributed by atoms with van der Waals surface area (Å²) >= 11 is 0. The lowest BCUT2D eigenvalue weighted by atomic mass is 9.88. The third kappa shape index (κ3) is 6.37. The van der Waals surface area contributed by atoms with Gasteiger partial charge in [-0.05, 0) is 7.05 Å². The van der Waals surface area contributed by atoms with Crippen molar-refractivity contribution < 1.29 is 53.1 Å². The van der Waals surface area contributed by atoms with Crippen LogP contribution < -0.4 is 5.73 Å². The number of hydrogen-bond acceptors (Lipinski definition) is 13. The number of imide groups is 2. The maximum Gasteiger partial charge on any atom is 0.258 e. The van der Waals surface area contributed by atoms with Crippen molar-refractivity contribution in [2.75, 3.05) is 72.9 Å². The van der Waals surface area contributed by atoms with Crippen LogP contribution in [-0.4, -0.2) is 158 Å². The maximum absolute atomic E-state index is 12.8. The Hall–Kier alpha value is -2.08. The molecule has 226 valence electrons. The van der Waals surface area contributed by atoms with E-state index in [9.17, 15) is 29.4 Å². The minimum Gasteiger partial charge on any atom is -0.388 e. The number of hydrogen-bond donors (Lipinski definition) is 3. The molecule has 15 heteroatoms. The van der Waals surface area contributed by atoms with Gasteiger partial charge in [-0.2, -0.15) is 0 Å². The van der Waals surface area contributed by atoms with Crippen molar-refractivity contribution in [1.82, 2.24) is 14.7 Å². The highest BCUT2D eigenvalue weighted by molar-refractivity contribution is 6.05. The van der Waals surface area contributed by atoms with E-state index in [1.807, 2.05) is 0 Å². The molecule has 4 amide bonds. The number of nitrogens with zero attached hydrogens (tertiary/aromatic N) is 3. The van der Waals surface area contributed by atoms with E-state index in [1.165, 1.54) is 4.90 Å². The Morgan fingerprint density at radius 2 is 1.62 bits per heavy atom. The van der Waals surface area contributed by atoms with Crippen LogP contribution in [0.25, 0.3) is 0 Å². The molecule has 4 rings (SSSR count). The number of likely N-dealkylation sites (tertiary alicyclic amines) is 2. The lowest BCUT2D eigenvalue weighted by molar-refractivity contribution is -0.254. The molecule has 4 aliphatic heterocycles. The van der Waals surface area contributed by atoms with Crippen molar-refractivity contribution in [2.45, 2.75) is 56.0 Å². The summed E-state index contributed by atoms with van der Waals surface area (Å²) in [6.45, 7) is 3.22. The second kappa shape index (κ2) is 13.3. The third-order valence-electron chi connectivity index (χ3n) is 7.82. The molecule has 0 radical (unpaired) electrons. The Bertz CT molecular complexity index is 954. The van der Waals surface area contributed by atoms with Crippen LogP contribution in [0.1, 0.15) is 19.8 Å². The molecule has 4 fully saturated rings. The standard InChI is InChI=1S/C25H40N4O11/c1-15-11-17(30)28(22(15)34)5-7-36-9-10-37-8-6-29-18(31)12-16(23(29)35)38-13-25-14-39-24(40-25)19(20(32)21(25)33)27(2)4-3-26/h15-16,19-21,24,32-33H,3-14,26H2,1-2H3/t15?,16?,19-,20+,21+,24-,25-/m0/s1. The van der Waals surface area contributed by atoms with Crippen molar-refractivity contribution in [1.29, 1.82) is 0 Å². The highest BCUT2D eigenvalue weighted by atomic mass is 16.8. The van der Waals surface area contributed by atoms with Gasteiger partial charge in [0.1, 0.15) is 23.9 Å². The Morgan fingerprint density at radius 3 is 2.23 bits per heavy atom. The summed E-state index contributed by atoms with van der Waals surface area (Å²) < 4.78 is 28.3. The Labute approximate surface area is 232 Å². The lowest BCUT2D eigenvalue weighted by Gasteiger charge is -2.45. The minimum absolute atomic E-state index is 0.0372. The molecular formula is C25H40N4O11. The summed E-state index contributed by atoms with van der Waals surface area (Å²) in [4.78, 5) is 52.9. The topological polar surface area (TPSA) is 191 Å². The molecule has 2 unspecified atom stereocenters. The van der Waals surface area contributed by atoms with E-state index < -0.39 is 48.1 Å². The molecule has 0 aromatic rings. The second-order valence-electron chi connectivity index (χ2n) is 10.7. The van der Waals surface area contributed by atoms with Gasteiger partial charge in [0.15, 0.2) is 6.29 Å². The quantitative estimate of drug-likeness (QED) is 0.131. The number of nitrogens with two attached hydrogens (primary N) is 1. The molecule has 7 atom stereocenters. The molecule has 40 heavy (non-hydrogen) atoms. The van der Waals surface area contributed by atoms with Crippen molar-refractivity contribution in [3.8, 4) is 0 Å². The van der Waals surface area contributed by atoms with E-state index in [0.29, 0.717) is 13.1 Å². The maximum atomic E-state index is 12.8. The Morgan fingerprint density at radius 1 is 1.00 bits per heavy atom. The number of likely N-dealkylation sites (N-methyl/N-ethyl adjacent to an activating group) is 1. The summed E-state index contributed by atoms with van der Waals surface area (Å²) in [5.74, 6) is -1.59. The normalized spacial score (nSPS) is 34.2. The lowest BCUT2D eigenvalue weighted by Crippen LogP contribution is -2.66. The van der Waals surface area contributed by atoms with Gasteiger partial charge in [-0.25, -0.2) is 0 Å². The number of carbonyl (C=O) groups is 4. The summed E-state index contributed by atoms with van der Waals surface area (Å²) in [5, 5.41) is 21.6. The van der Waals surface area contributed by atoms with Crippen LogP contribution in [-0.2, 0) is 42.9 Å². The number of fused-ring (bicyclic) bond motifs is 2. The first-order chi connectivity index (χ1) is 19.1. The number of ether oxygens (including phenoxy) is 5.